The van der Waals surface area contributed by atoms with Crippen molar-refractivity contribution in [2.24, 2.45) is 0 Å². The highest BCUT2D eigenvalue weighted by Gasteiger charge is 2.09. The number of pyridine rings is 1. The lowest BCUT2D eigenvalue weighted by Crippen LogP contribution is -2.13. The summed E-state index contributed by atoms with van der Waals surface area (Å²) >= 11 is 3.25. The number of aromatic nitrogens is 1. The molecule has 0 aliphatic rings. The molecule has 1 aromatic heterocycles. The highest BCUT2D eigenvalue weighted by molar-refractivity contribution is 9.10. The Bertz CT molecular complexity index is 602. The fourth-order valence-corrected chi connectivity index (χ4v) is 2.08. The van der Waals surface area contributed by atoms with Gasteiger partial charge >= 0.3 is 0 Å². The number of carbonyl (C=O) groups is 1. The third-order valence-electron chi connectivity index (χ3n) is 2.72. The van der Waals surface area contributed by atoms with Gasteiger partial charge in [0.1, 0.15) is 4.60 Å². The van der Waals surface area contributed by atoms with Gasteiger partial charge in [0.25, 0.3) is 5.91 Å². The molecular formula is C15H15BrN2O2. The van der Waals surface area contributed by atoms with Gasteiger partial charge in [-0.25, -0.2) is 4.98 Å². The van der Waals surface area contributed by atoms with Crippen molar-refractivity contribution in [3.63, 3.8) is 0 Å². The van der Waals surface area contributed by atoms with Gasteiger partial charge in [-0.3, -0.25) is 4.79 Å². The minimum atomic E-state index is -0.169. The lowest BCUT2D eigenvalue weighted by atomic mass is 10.1. The van der Waals surface area contributed by atoms with Crippen LogP contribution in [0.1, 0.15) is 22.8 Å². The third kappa shape index (κ3) is 3.88. The van der Waals surface area contributed by atoms with E-state index < -0.39 is 0 Å². The standard InChI is InChI=1S/C15H15BrN2O2/c1-2-20-10-12-5-3-4-6-13(12)18-15(19)11-7-8-17-14(16)9-11/h3-9H,2,10H2,1H3,(H,18,19). The summed E-state index contributed by atoms with van der Waals surface area (Å²) in [6.07, 6.45) is 1.59. The third-order valence-corrected chi connectivity index (χ3v) is 3.15. The largest absolute Gasteiger partial charge is 0.377 e. The average Bonchev–Trinajstić information content (AvgIpc) is 2.46. The lowest BCUT2D eigenvalue weighted by molar-refractivity contribution is 0.102. The summed E-state index contributed by atoms with van der Waals surface area (Å²) in [5, 5.41) is 2.90. The van der Waals surface area contributed by atoms with Crippen molar-refractivity contribution in [2.75, 3.05) is 11.9 Å². The number of carbonyl (C=O) groups excluding carboxylic acids is 1. The van der Waals surface area contributed by atoms with E-state index in [1.165, 1.54) is 0 Å². The zero-order valence-corrected chi connectivity index (χ0v) is 12.7. The predicted octanol–water partition coefficient (Wildman–Crippen LogP) is 3.63. The summed E-state index contributed by atoms with van der Waals surface area (Å²) in [7, 11) is 0. The molecule has 1 heterocycles. The molecular weight excluding hydrogens is 320 g/mol. The van der Waals surface area contributed by atoms with Crippen LogP contribution in [0.3, 0.4) is 0 Å². The zero-order valence-electron chi connectivity index (χ0n) is 11.1. The summed E-state index contributed by atoms with van der Waals surface area (Å²) in [5.74, 6) is -0.169. The van der Waals surface area contributed by atoms with E-state index in [0.29, 0.717) is 23.4 Å². The average molecular weight is 335 g/mol. The normalized spacial score (nSPS) is 10.3. The Balaban J connectivity index is 2.15. The van der Waals surface area contributed by atoms with E-state index in [0.717, 1.165) is 11.3 Å². The number of ether oxygens (including phenoxy) is 1. The van der Waals surface area contributed by atoms with E-state index in [9.17, 15) is 4.79 Å². The van der Waals surface area contributed by atoms with Crippen LogP contribution in [0.5, 0.6) is 0 Å². The molecule has 4 nitrogen and oxygen atoms in total. The van der Waals surface area contributed by atoms with Crippen molar-refractivity contribution in [3.8, 4) is 0 Å². The first kappa shape index (κ1) is 14.7. The van der Waals surface area contributed by atoms with E-state index in [1.807, 2.05) is 31.2 Å². The Labute approximate surface area is 126 Å². The summed E-state index contributed by atoms with van der Waals surface area (Å²) < 4.78 is 6.03. The van der Waals surface area contributed by atoms with Crippen LogP contribution in [-0.2, 0) is 11.3 Å². The number of benzene rings is 1. The van der Waals surface area contributed by atoms with Crippen LogP contribution in [0.4, 0.5) is 5.69 Å². The molecule has 0 spiro atoms. The molecule has 2 aromatic rings. The number of rotatable bonds is 5. The minimum absolute atomic E-state index is 0.169. The van der Waals surface area contributed by atoms with Gasteiger partial charge in [-0.2, -0.15) is 0 Å². The van der Waals surface area contributed by atoms with E-state index in [1.54, 1.807) is 18.3 Å². The van der Waals surface area contributed by atoms with Gasteiger partial charge in [0.05, 0.1) is 6.61 Å². The molecule has 5 heteroatoms. The Morgan fingerprint density at radius 3 is 2.90 bits per heavy atom. The number of nitrogens with one attached hydrogen (secondary N) is 1. The summed E-state index contributed by atoms with van der Waals surface area (Å²) in [6, 6.07) is 11.0. The van der Waals surface area contributed by atoms with Gasteiger partial charge in [-0.15, -0.1) is 0 Å². The van der Waals surface area contributed by atoms with Crippen molar-refractivity contribution in [2.45, 2.75) is 13.5 Å². The molecule has 1 N–H and O–H groups in total. The second-order valence-corrected chi connectivity index (χ2v) is 4.93. The van der Waals surface area contributed by atoms with Crippen LogP contribution in [0.15, 0.2) is 47.2 Å². The smallest absolute Gasteiger partial charge is 0.255 e. The number of amides is 1. The molecule has 0 saturated carbocycles. The maximum absolute atomic E-state index is 12.2. The number of nitrogens with zero attached hydrogens (tertiary/aromatic N) is 1. The summed E-state index contributed by atoms with van der Waals surface area (Å²) in [4.78, 5) is 16.2. The van der Waals surface area contributed by atoms with Crippen molar-refractivity contribution in [1.82, 2.24) is 4.98 Å². The summed E-state index contributed by atoms with van der Waals surface area (Å²) in [6.45, 7) is 3.06. The number of para-hydroxylation sites is 1. The van der Waals surface area contributed by atoms with Gasteiger partial charge in [0, 0.05) is 29.6 Å². The van der Waals surface area contributed by atoms with Crippen molar-refractivity contribution >= 4 is 27.5 Å². The van der Waals surface area contributed by atoms with Crippen molar-refractivity contribution in [1.29, 1.82) is 0 Å². The molecule has 0 bridgehead atoms. The van der Waals surface area contributed by atoms with E-state index in [4.69, 9.17) is 4.74 Å². The Morgan fingerprint density at radius 2 is 2.15 bits per heavy atom. The molecule has 20 heavy (non-hydrogen) atoms. The van der Waals surface area contributed by atoms with Crippen LogP contribution in [-0.4, -0.2) is 17.5 Å². The van der Waals surface area contributed by atoms with E-state index in [-0.39, 0.29) is 5.91 Å². The maximum atomic E-state index is 12.2. The van der Waals surface area contributed by atoms with Gasteiger partial charge in [0.15, 0.2) is 0 Å². The Hall–Kier alpha value is -1.72. The molecule has 104 valence electrons. The molecule has 1 amide bonds. The Morgan fingerprint density at radius 1 is 1.35 bits per heavy atom. The lowest BCUT2D eigenvalue weighted by Gasteiger charge is -2.11. The van der Waals surface area contributed by atoms with Crippen LogP contribution < -0.4 is 5.32 Å². The molecule has 0 fully saturated rings. The minimum Gasteiger partial charge on any atom is -0.377 e. The predicted molar refractivity (Wildman–Crippen MR) is 81.7 cm³/mol. The van der Waals surface area contributed by atoms with E-state index in [2.05, 4.69) is 26.2 Å². The number of anilines is 1. The van der Waals surface area contributed by atoms with Gasteiger partial charge < -0.3 is 10.1 Å². The van der Waals surface area contributed by atoms with E-state index >= 15 is 0 Å². The molecule has 0 unspecified atom stereocenters. The van der Waals surface area contributed by atoms with Crippen molar-refractivity contribution in [3.05, 3.63) is 58.3 Å². The maximum Gasteiger partial charge on any atom is 0.255 e. The highest BCUT2D eigenvalue weighted by atomic mass is 79.9. The van der Waals surface area contributed by atoms with Crippen LogP contribution in [0, 0.1) is 0 Å². The first-order chi connectivity index (χ1) is 9.70. The fraction of sp³-hybridized carbons (Fsp3) is 0.200. The molecule has 0 aliphatic carbocycles. The SMILES string of the molecule is CCOCc1ccccc1NC(=O)c1ccnc(Br)c1. The first-order valence-corrected chi connectivity index (χ1v) is 7.08. The Kier molecular flexibility index (Phi) is 5.26. The molecule has 2 rings (SSSR count). The topological polar surface area (TPSA) is 51.2 Å². The molecule has 0 atom stereocenters. The zero-order chi connectivity index (χ0) is 14.4. The molecule has 0 aliphatic heterocycles. The fourth-order valence-electron chi connectivity index (χ4n) is 1.72. The van der Waals surface area contributed by atoms with Gasteiger partial charge in [-0.1, -0.05) is 18.2 Å². The second-order valence-electron chi connectivity index (χ2n) is 4.12. The first-order valence-electron chi connectivity index (χ1n) is 6.29. The van der Waals surface area contributed by atoms with Crippen molar-refractivity contribution < 1.29 is 9.53 Å². The number of hydrogen-bond acceptors (Lipinski definition) is 3. The molecule has 0 saturated heterocycles. The van der Waals surface area contributed by atoms with Gasteiger partial charge in [0.2, 0.25) is 0 Å². The number of hydrogen-bond donors (Lipinski definition) is 1. The van der Waals surface area contributed by atoms with Gasteiger partial charge in [-0.05, 0) is 41.1 Å². The molecule has 1 aromatic carbocycles. The quantitative estimate of drug-likeness (QED) is 0.849. The molecule has 0 radical (unpaired) electrons. The second kappa shape index (κ2) is 7.17. The monoisotopic (exact) mass is 334 g/mol. The summed E-state index contributed by atoms with van der Waals surface area (Å²) in [5.41, 5.74) is 2.27. The van der Waals surface area contributed by atoms with Crippen LogP contribution in [0.25, 0.3) is 0 Å². The highest BCUT2D eigenvalue weighted by Crippen LogP contribution is 2.18. The van der Waals surface area contributed by atoms with Crippen LogP contribution in [0.2, 0.25) is 0 Å². The van der Waals surface area contributed by atoms with Crippen LogP contribution >= 0.6 is 15.9 Å². The number of halogens is 1.